The van der Waals surface area contributed by atoms with Crippen molar-refractivity contribution in [3.05, 3.63) is 94.6 Å². The Morgan fingerprint density at radius 1 is 1.08 bits per heavy atom. The Balaban J connectivity index is 1.70. The monoisotopic (exact) mass is 491 g/mol. The molecule has 0 aromatic heterocycles. The normalized spacial score (nSPS) is 18.6. The van der Waals surface area contributed by atoms with Crippen LogP contribution in [0.5, 0.6) is 11.5 Å². The molecule has 0 spiro atoms. The second kappa shape index (κ2) is 9.45. The summed E-state index contributed by atoms with van der Waals surface area (Å²) in [5, 5.41) is 11.4. The first-order chi connectivity index (χ1) is 17.4. The van der Waals surface area contributed by atoms with Gasteiger partial charge in [0, 0.05) is 17.3 Å². The van der Waals surface area contributed by atoms with Crippen molar-refractivity contribution >= 4 is 23.1 Å². The number of nitrogens with zero attached hydrogens (tertiary/aromatic N) is 1. The van der Waals surface area contributed by atoms with Crippen molar-refractivity contribution in [3.63, 3.8) is 0 Å². The third-order valence-corrected chi connectivity index (χ3v) is 6.29. The number of carbonyl (C=O) groups is 2. The highest BCUT2D eigenvalue weighted by atomic mass is 19.2. The summed E-state index contributed by atoms with van der Waals surface area (Å²) in [6.07, 6.45) is 1.57. The number of carbonyl (C=O) groups excluding carboxylic acids is 2. The van der Waals surface area contributed by atoms with Crippen LogP contribution in [0.3, 0.4) is 0 Å². The quantitative estimate of drug-likeness (QED) is 0.297. The van der Waals surface area contributed by atoms with Gasteiger partial charge in [-0.05, 0) is 73.4 Å². The van der Waals surface area contributed by atoms with Crippen molar-refractivity contribution in [1.82, 2.24) is 0 Å². The third kappa shape index (κ3) is 4.08. The molecule has 0 aliphatic carbocycles. The summed E-state index contributed by atoms with van der Waals surface area (Å²) in [6.45, 7) is 2.82. The van der Waals surface area contributed by atoms with Gasteiger partial charge in [0.05, 0.1) is 24.8 Å². The van der Waals surface area contributed by atoms with Gasteiger partial charge in [-0.15, -0.1) is 0 Å². The number of aliphatic hydroxyl groups is 1. The van der Waals surface area contributed by atoms with E-state index in [-0.39, 0.29) is 17.0 Å². The summed E-state index contributed by atoms with van der Waals surface area (Å²) in [7, 11) is 0. The smallest absolute Gasteiger partial charge is 0.300 e. The van der Waals surface area contributed by atoms with Crippen LogP contribution in [0.25, 0.3) is 5.76 Å². The highest BCUT2D eigenvalue weighted by molar-refractivity contribution is 6.51. The molecule has 8 heteroatoms. The van der Waals surface area contributed by atoms with Gasteiger partial charge in [0.2, 0.25) is 0 Å². The van der Waals surface area contributed by atoms with Crippen molar-refractivity contribution in [2.24, 2.45) is 0 Å². The lowest BCUT2D eigenvalue weighted by Crippen LogP contribution is -2.29. The molecule has 1 amide bonds. The number of benzene rings is 3. The molecule has 0 bridgehead atoms. The number of aliphatic hydroxyl groups excluding tert-OH is 1. The Morgan fingerprint density at radius 2 is 1.92 bits per heavy atom. The second-order valence-corrected chi connectivity index (χ2v) is 8.55. The summed E-state index contributed by atoms with van der Waals surface area (Å²) >= 11 is 0. The van der Waals surface area contributed by atoms with Gasteiger partial charge in [-0.2, -0.15) is 0 Å². The van der Waals surface area contributed by atoms with Crippen molar-refractivity contribution < 1.29 is 33.0 Å². The number of anilines is 1. The standard InChI is InChI=1S/C28H23F2NO5/c1-2-35-20-7-3-5-17(14-20)25-24(26(32)18-8-11-23-16(13-18)6-4-12-36-23)27(33)28(34)31(25)19-9-10-21(29)22(30)15-19/h3,5,7-11,13-15,25,32H,2,4,6,12H2,1H3/b26-24-. The zero-order valence-electron chi connectivity index (χ0n) is 19.5. The number of aryl methyl sites for hydroxylation is 1. The van der Waals surface area contributed by atoms with Gasteiger partial charge in [-0.3, -0.25) is 14.5 Å². The van der Waals surface area contributed by atoms with Gasteiger partial charge >= 0.3 is 0 Å². The number of ether oxygens (including phenoxy) is 2. The van der Waals surface area contributed by atoms with E-state index in [9.17, 15) is 23.5 Å². The maximum Gasteiger partial charge on any atom is 0.300 e. The molecule has 1 saturated heterocycles. The Labute approximate surface area is 206 Å². The summed E-state index contributed by atoms with van der Waals surface area (Å²) in [6, 6.07) is 13.7. The summed E-state index contributed by atoms with van der Waals surface area (Å²) in [5.74, 6) is -3.29. The van der Waals surface area contributed by atoms with E-state index in [1.54, 1.807) is 42.5 Å². The average molecular weight is 491 g/mol. The highest BCUT2D eigenvalue weighted by Crippen LogP contribution is 2.43. The van der Waals surface area contributed by atoms with Crippen LogP contribution < -0.4 is 14.4 Å². The number of fused-ring (bicyclic) bond motifs is 1. The van der Waals surface area contributed by atoms with Crippen LogP contribution in [0.4, 0.5) is 14.5 Å². The minimum absolute atomic E-state index is 0.0132. The van der Waals surface area contributed by atoms with E-state index >= 15 is 0 Å². The van der Waals surface area contributed by atoms with Gasteiger partial charge in [-0.25, -0.2) is 8.78 Å². The summed E-state index contributed by atoms with van der Waals surface area (Å²) in [4.78, 5) is 27.6. The average Bonchev–Trinajstić information content (AvgIpc) is 3.15. The van der Waals surface area contributed by atoms with Gasteiger partial charge < -0.3 is 14.6 Å². The van der Waals surface area contributed by atoms with Crippen LogP contribution in [0.15, 0.2) is 66.2 Å². The van der Waals surface area contributed by atoms with E-state index in [0.717, 1.165) is 35.4 Å². The molecule has 0 saturated carbocycles. The Bertz CT molecular complexity index is 1400. The van der Waals surface area contributed by atoms with Crippen molar-refractivity contribution in [3.8, 4) is 11.5 Å². The molecule has 1 unspecified atom stereocenters. The molecule has 6 nitrogen and oxygen atoms in total. The molecule has 2 aliphatic rings. The molecule has 2 heterocycles. The number of rotatable bonds is 5. The Kier molecular flexibility index (Phi) is 6.18. The number of halogens is 2. The third-order valence-electron chi connectivity index (χ3n) is 6.29. The zero-order chi connectivity index (χ0) is 25.4. The molecule has 1 N–H and O–H groups in total. The van der Waals surface area contributed by atoms with E-state index in [2.05, 4.69) is 0 Å². The minimum atomic E-state index is -1.16. The second-order valence-electron chi connectivity index (χ2n) is 8.55. The van der Waals surface area contributed by atoms with E-state index in [4.69, 9.17) is 9.47 Å². The van der Waals surface area contributed by atoms with Crippen LogP contribution in [0.2, 0.25) is 0 Å². The van der Waals surface area contributed by atoms with Crippen molar-refractivity contribution in [2.45, 2.75) is 25.8 Å². The predicted octanol–water partition coefficient (Wildman–Crippen LogP) is 5.31. The molecule has 2 aliphatic heterocycles. The SMILES string of the molecule is CCOc1cccc(C2/C(=C(/O)c3ccc4c(c3)CCCO4)C(=O)C(=O)N2c2ccc(F)c(F)c2)c1. The largest absolute Gasteiger partial charge is 0.507 e. The van der Waals surface area contributed by atoms with Crippen LogP contribution >= 0.6 is 0 Å². The van der Waals surface area contributed by atoms with Crippen LogP contribution in [0.1, 0.15) is 36.1 Å². The molecule has 184 valence electrons. The fourth-order valence-electron chi connectivity index (χ4n) is 4.65. The fourth-order valence-corrected chi connectivity index (χ4v) is 4.65. The number of amides is 1. The molecule has 36 heavy (non-hydrogen) atoms. The number of ketones is 1. The zero-order valence-corrected chi connectivity index (χ0v) is 19.5. The summed E-state index contributed by atoms with van der Waals surface area (Å²) < 4.78 is 39.0. The predicted molar refractivity (Wildman–Crippen MR) is 129 cm³/mol. The van der Waals surface area contributed by atoms with Gasteiger partial charge in [-0.1, -0.05) is 12.1 Å². The molecule has 1 fully saturated rings. The first kappa shape index (κ1) is 23.5. The Hall–Kier alpha value is -4.20. The van der Waals surface area contributed by atoms with E-state index in [1.807, 2.05) is 6.92 Å². The summed E-state index contributed by atoms with van der Waals surface area (Å²) in [5.41, 5.74) is 1.53. The number of Topliss-reactive ketones (excluding diaryl/α,β-unsaturated/α-hetero) is 1. The number of hydrogen-bond donors (Lipinski definition) is 1. The van der Waals surface area contributed by atoms with Crippen LogP contribution in [-0.2, 0) is 16.0 Å². The van der Waals surface area contributed by atoms with Gasteiger partial charge in [0.1, 0.15) is 17.3 Å². The Morgan fingerprint density at radius 3 is 2.69 bits per heavy atom. The molecular weight excluding hydrogens is 468 g/mol. The first-order valence-electron chi connectivity index (χ1n) is 11.6. The maximum atomic E-state index is 14.1. The first-order valence-corrected chi connectivity index (χ1v) is 11.6. The molecule has 3 aromatic carbocycles. The van der Waals surface area contributed by atoms with E-state index < -0.39 is 29.4 Å². The van der Waals surface area contributed by atoms with E-state index in [1.165, 1.54) is 6.07 Å². The lowest BCUT2D eigenvalue weighted by molar-refractivity contribution is -0.132. The van der Waals surface area contributed by atoms with E-state index in [0.29, 0.717) is 35.8 Å². The molecule has 5 rings (SSSR count). The van der Waals surface area contributed by atoms with Crippen LogP contribution in [0, 0.1) is 11.6 Å². The highest BCUT2D eigenvalue weighted by Gasteiger charge is 2.47. The number of hydrogen-bond acceptors (Lipinski definition) is 5. The molecular formula is C28H23F2NO5. The van der Waals surface area contributed by atoms with Gasteiger partial charge in [0.15, 0.2) is 11.6 Å². The lowest BCUT2D eigenvalue weighted by atomic mass is 9.93. The molecule has 0 radical (unpaired) electrons. The maximum absolute atomic E-state index is 14.1. The molecule has 3 aromatic rings. The fraction of sp³-hybridized carbons (Fsp3) is 0.214. The van der Waals surface area contributed by atoms with Crippen molar-refractivity contribution in [1.29, 1.82) is 0 Å². The van der Waals surface area contributed by atoms with Gasteiger partial charge in [0.25, 0.3) is 11.7 Å². The molecule has 1 atom stereocenters. The topological polar surface area (TPSA) is 76.1 Å². The minimum Gasteiger partial charge on any atom is -0.507 e. The van der Waals surface area contributed by atoms with Crippen molar-refractivity contribution in [2.75, 3.05) is 18.1 Å². The lowest BCUT2D eigenvalue weighted by Gasteiger charge is -2.26. The van der Waals surface area contributed by atoms with Crippen LogP contribution in [-0.4, -0.2) is 30.0 Å².